The summed E-state index contributed by atoms with van der Waals surface area (Å²) in [7, 11) is 0. The molecule has 2 aliphatic rings. The first-order valence-corrected chi connectivity index (χ1v) is 13.2. The van der Waals surface area contributed by atoms with E-state index in [0.717, 1.165) is 0 Å². The third-order valence-corrected chi connectivity index (χ3v) is 8.33. The maximum absolute atomic E-state index is 2.51. The molecule has 0 saturated heterocycles. The minimum absolute atomic E-state index is 0.0714. The van der Waals surface area contributed by atoms with Crippen LogP contribution in [0.2, 0.25) is 0 Å². The smallest absolute Gasteiger partial charge is 0.252 e. The fraction of sp³-hybridized carbons (Fsp3) is 0.118. The van der Waals surface area contributed by atoms with Crippen LogP contribution in [-0.4, -0.2) is 11.3 Å². The fourth-order valence-corrected chi connectivity index (χ4v) is 6.67. The van der Waals surface area contributed by atoms with Crippen LogP contribution in [0.15, 0.2) is 109 Å². The summed E-state index contributed by atoms with van der Waals surface area (Å²) < 4.78 is 2.51. The molecule has 0 saturated carbocycles. The second-order valence-corrected chi connectivity index (χ2v) is 11.4. The van der Waals surface area contributed by atoms with Crippen LogP contribution in [0.25, 0.3) is 27.5 Å². The Morgan fingerprint density at radius 1 is 0.595 bits per heavy atom. The van der Waals surface area contributed by atoms with Gasteiger partial charge in [0.05, 0.1) is 5.52 Å². The molecule has 6 aromatic rings. The highest BCUT2D eigenvalue weighted by molar-refractivity contribution is 7.00. The zero-order valence-electron chi connectivity index (χ0n) is 21.4. The van der Waals surface area contributed by atoms with Gasteiger partial charge in [0.25, 0.3) is 6.71 Å². The van der Waals surface area contributed by atoms with Crippen LogP contribution < -0.4 is 21.3 Å². The minimum Gasteiger partial charge on any atom is -0.311 e. The van der Waals surface area contributed by atoms with Gasteiger partial charge in [0.2, 0.25) is 0 Å². The van der Waals surface area contributed by atoms with E-state index in [-0.39, 0.29) is 12.1 Å². The molecule has 3 heteroatoms. The SMILES string of the molecule is CC(C)(C)c1ccc2c(c1)B1c3c(cccc3-n3c4ccccc4c4cccc1c43)N2c1ccccc1. The van der Waals surface area contributed by atoms with Gasteiger partial charge in [-0.15, -0.1) is 0 Å². The molecule has 3 heterocycles. The first-order chi connectivity index (χ1) is 18.0. The average molecular weight is 474 g/mol. The van der Waals surface area contributed by atoms with Gasteiger partial charge in [-0.2, -0.15) is 0 Å². The van der Waals surface area contributed by atoms with E-state index in [9.17, 15) is 0 Å². The molecule has 2 aliphatic heterocycles. The lowest BCUT2D eigenvalue weighted by Gasteiger charge is -2.40. The molecule has 0 radical (unpaired) electrons. The van der Waals surface area contributed by atoms with Crippen molar-refractivity contribution >= 4 is 62.0 Å². The average Bonchev–Trinajstić information content (AvgIpc) is 3.26. The number of aromatic nitrogens is 1. The summed E-state index contributed by atoms with van der Waals surface area (Å²) in [4.78, 5) is 2.47. The van der Waals surface area contributed by atoms with Crippen molar-refractivity contribution in [3.05, 3.63) is 115 Å². The van der Waals surface area contributed by atoms with Crippen LogP contribution in [0.3, 0.4) is 0 Å². The van der Waals surface area contributed by atoms with E-state index in [1.54, 1.807) is 0 Å². The van der Waals surface area contributed by atoms with Gasteiger partial charge in [0.1, 0.15) is 0 Å². The molecule has 176 valence electrons. The van der Waals surface area contributed by atoms with E-state index in [4.69, 9.17) is 0 Å². The van der Waals surface area contributed by atoms with Gasteiger partial charge in [0.15, 0.2) is 0 Å². The Bertz CT molecular complexity index is 1870. The Morgan fingerprint density at radius 2 is 1.32 bits per heavy atom. The summed E-state index contributed by atoms with van der Waals surface area (Å²) in [6.07, 6.45) is 0. The Hall–Kier alpha value is -4.24. The molecule has 5 aromatic carbocycles. The van der Waals surface area contributed by atoms with Crippen molar-refractivity contribution in [3.8, 4) is 5.69 Å². The molecule has 1 aromatic heterocycles. The molecule has 0 bridgehead atoms. The number of rotatable bonds is 1. The number of fused-ring (bicyclic) bond motifs is 7. The topological polar surface area (TPSA) is 8.17 Å². The summed E-state index contributed by atoms with van der Waals surface area (Å²) in [5.74, 6) is 0. The largest absolute Gasteiger partial charge is 0.311 e. The first kappa shape index (κ1) is 20.9. The number of nitrogens with zero attached hydrogens (tertiary/aromatic N) is 2. The molecule has 0 atom stereocenters. The molecular weight excluding hydrogens is 447 g/mol. The predicted octanol–water partition coefficient (Wildman–Crippen LogP) is 6.69. The standard InChI is InChI=1S/C34H27BN2/c1-34(2,3)22-19-20-29-27(21-22)35-26-15-9-14-25-24-13-7-8-16-28(24)37(33(25)26)31-18-10-17-30(32(31)35)36(29)23-11-5-4-6-12-23/h4-21H,1-3H3. The monoisotopic (exact) mass is 474 g/mol. The highest BCUT2D eigenvalue weighted by Crippen LogP contribution is 2.41. The Labute approximate surface area is 217 Å². The van der Waals surface area contributed by atoms with Crippen molar-refractivity contribution in [2.75, 3.05) is 4.90 Å². The summed E-state index contributed by atoms with van der Waals surface area (Å²) in [6, 6.07) is 40.6. The van der Waals surface area contributed by atoms with Crippen molar-refractivity contribution < 1.29 is 0 Å². The third-order valence-electron chi connectivity index (χ3n) is 8.33. The van der Waals surface area contributed by atoms with Crippen LogP contribution in [0, 0.1) is 0 Å². The van der Waals surface area contributed by atoms with Crippen LogP contribution in [0.4, 0.5) is 17.1 Å². The third kappa shape index (κ3) is 2.72. The zero-order valence-corrected chi connectivity index (χ0v) is 21.4. The van der Waals surface area contributed by atoms with E-state index in [2.05, 4.69) is 139 Å². The molecule has 0 spiro atoms. The van der Waals surface area contributed by atoms with Crippen molar-refractivity contribution in [3.63, 3.8) is 0 Å². The molecule has 0 unspecified atom stereocenters. The highest BCUT2D eigenvalue weighted by Gasteiger charge is 2.42. The Kier molecular flexibility index (Phi) is 4.05. The van der Waals surface area contributed by atoms with E-state index in [1.165, 1.54) is 66.5 Å². The Morgan fingerprint density at radius 3 is 2.16 bits per heavy atom. The second-order valence-electron chi connectivity index (χ2n) is 11.4. The fourth-order valence-electron chi connectivity index (χ4n) is 6.67. The molecule has 0 amide bonds. The summed E-state index contributed by atoms with van der Waals surface area (Å²) in [5.41, 5.74) is 13.3. The van der Waals surface area contributed by atoms with Crippen molar-refractivity contribution in [1.82, 2.24) is 4.57 Å². The zero-order chi connectivity index (χ0) is 24.9. The number of hydrogen-bond donors (Lipinski definition) is 0. The highest BCUT2D eigenvalue weighted by atomic mass is 15.2. The molecule has 0 aliphatic carbocycles. The number of benzene rings is 5. The van der Waals surface area contributed by atoms with Crippen LogP contribution in [-0.2, 0) is 5.41 Å². The molecule has 0 fully saturated rings. The summed E-state index contributed by atoms with van der Waals surface area (Å²) in [6.45, 7) is 7.12. The lowest BCUT2D eigenvalue weighted by molar-refractivity contribution is 0.591. The van der Waals surface area contributed by atoms with Gasteiger partial charge in [-0.25, -0.2) is 0 Å². The molecule has 2 nitrogen and oxygen atoms in total. The lowest BCUT2D eigenvalue weighted by Crippen LogP contribution is -2.60. The molecular formula is C34H27BN2. The van der Waals surface area contributed by atoms with Crippen LogP contribution in [0.1, 0.15) is 26.3 Å². The van der Waals surface area contributed by atoms with E-state index >= 15 is 0 Å². The van der Waals surface area contributed by atoms with Crippen LogP contribution >= 0.6 is 0 Å². The quantitative estimate of drug-likeness (QED) is 0.241. The lowest BCUT2D eigenvalue weighted by atomic mass is 9.33. The van der Waals surface area contributed by atoms with Crippen LogP contribution in [0.5, 0.6) is 0 Å². The maximum atomic E-state index is 2.51. The van der Waals surface area contributed by atoms with Gasteiger partial charge in [-0.3, -0.25) is 0 Å². The van der Waals surface area contributed by atoms with E-state index in [0.29, 0.717) is 0 Å². The van der Waals surface area contributed by atoms with E-state index in [1.807, 2.05) is 0 Å². The molecule has 37 heavy (non-hydrogen) atoms. The van der Waals surface area contributed by atoms with Gasteiger partial charge in [-0.05, 0) is 63.8 Å². The minimum atomic E-state index is 0.0714. The van der Waals surface area contributed by atoms with Crippen molar-refractivity contribution in [2.24, 2.45) is 0 Å². The van der Waals surface area contributed by atoms with Crippen molar-refractivity contribution in [1.29, 1.82) is 0 Å². The van der Waals surface area contributed by atoms with E-state index < -0.39 is 0 Å². The van der Waals surface area contributed by atoms with Crippen molar-refractivity contribution in [2.45, 2.75) is 26.2 Å². The van der Waals surface area contributed by atoms with Gasteiger partial charge in [0, 0.05) is 39.0 Å². The summed E-state index contributed by atoms with van der Waals surface area (Å²) in [5, 5.41) is 2.65. The first-order valence-electron chi connectivity index (χ1n) is 13.2. The summed E-state index contributed by atoms with van der Waals surface area (Å²) >= 11 is 0. The number of para-hydroxylation sites is 3. The number of hydrogen-bond acceptors (Lipinski definition) is 1. The van der Waals surface area contributed by atoms with Gasteiger partial charge in [-0.1, -0.05) is 93.6 Å². The van der Waals surface area contributed by atoms with Gasteiger partial charge >= 0.3 is 0 Å². The van der Waals surface area contributed by atoms with Gasteiger partial charge < -0.3 is 9.47 Å². The molecule has 8 rings (SSSR count). The number of anilines is 3. The normalized spacial score (nSPS) is 13.7. The maximum Gasteiger partial charge on any atom is 0.252 e. The second kappa shape index (κ2) is 7.17. The molecule has 0 N–H and O–H groups in total. The predicted molar refractivity (Wildman–Crippen MR) is 159 cm³/mol. The Balaban J connectivity index is 1.56.